The van der Waals surface area contributed by atoms with Gasteiger partial charge in [0.25, 0.3) is 0 Å². The van der Waals surface area contributed by atoms with Crippen LogP contribution in [0.25, 0.3) is 6.08 Å². The molecule has 0 aliphatic rings. The number of hydrogen-bond acceptors (Lipinski definition) is 4. The highest BCUT2D eigenvalue weighted by Crippen LogP contribution is 2.10. The molecule has 0 aliphatic heterocycles. The summed E-state index contributed by atoms with van der Waals surface area (Å²) in [5.41, 5.74) is 0.815. The molecule has 5 nitrogen and oxygen atoms in total. The van der Waals surface area contributed by atoms with E-state index in [1.807, 2.05) is 0 Å². The Morgan fingerprint density at radius 3 is 2.55 bits per heavy atom. The van der Waals surface area contributed by atoms with Crippen molar-refractivity contribution in [3.05, 3.63) is 35.9 Å². The van der Waals surface area contributed by atoms with Crippen molar-refractivity contribution in [1.29, 1.82) is 0 Å². The number of hydrogen-bond donors (Lipinski definition) is 1. The van der Waals surface area contributed by atoms with Gasteiger partial charge in [0.05, 0.1) is 13.0 Å². The van der Waals surface area contributed by atoms with E-state index >= 15 is 0 Å². The molecule has 1 aromatic rings. The SMILES string of the molecule is CCOC(=O)CCN(C)C(=O)C=Cc1ccc(O)cc1. The monoisotopic (exact) mass is 277 g/mol. The highest BCUT2D eigenvalue weighted by molar-refractivity contribution is 5.91. The maximum atomic E-state index is 11.8. The fourth-order valence-electron chi connectivity index (χ4n) is 1.48. The number of carbonyl (C=O) groups excluding carboxylic acids is 2. The van der Waals surface area contributed by atoms with Crippen molar-refractivity contribution in [2.45, 2.75) is 13.3 Å². The van der Waals surface area contributed by atoms with Crippen molar-refractivity contribution in [3.63, 3.8) is 0 Å². The Hall–Kier alpha value is -2.30. The molecular formula is C15H19NO4. The molecule has 1 amide bonds. The summed E-state index contributed by atoms with van der Waals surface area (Å²) in [5, 5.41) is 9.14. The minimum absolute atomic E-state index is 0.181. The van der Waals surface area contributed by atoms with E-state index in [4.69, 9.17) is 9.84 Å². The number of esters is 1. The van der Waals surface area contributed by atoms with Gasteiger partial charge in [0.2, 0.25) is 5.91 Å². The van der Waals surface area contributed by atoms with E-state index in [0.29, 0.717) is 13.2 Å². The quantitative estimate of drug-likeness (QED) is 0.636. The van der Waals surface area contributed by atoms with Crippen LogP contribution in [0.1, 0.15) is 18.9 Å². The van der Waals surface area contributed by atoms with Crippen molar-refractivity contribution in [3.8, 4) is 5.75 Å². The minimum Gasteiger partial charge on any atom is -0.508 e. The maximum absolute atomic E-state index is 11.8. The number of nitrogens with zero attached hydrogens (tertiary/aromatic N) is 1. The van der Waals surface area contributed by atoms with Crippen LogP contribution in [0, 0.1) is 0 Å². The Morgan fingerprint density at radius 1 is 1.30 bits per heavy atom. The number of phenols is 1. The molecule has 1 rings (SSSR count). The number of ether oxygens (including phenoxy) is 1. The third-order valence-electron chi connectivity index (χ3n) is 2.64. The van der Waals surface area contributed by atoms with E-state index in [1.54, 1.807) is 44.3 Å². The first-order chi connectivity index (χ1) is 9.52. The molecular weight excluding hydrogens is 258 g/mol. The maximum Gasteiger partial charge on any atom is 0.307 e. The van der Waals surface area contributed by atoms with Crippen LogP contribution in [0.5, 0.6) is 5.75 Å². The summed E-state index contributed by atoms with van der Waals surface area (Å²) in [6, 6.07) is 6.51. The predicted octanol–water partition coefficient (Wildman–Crippen LogP) is 1.82. The summed E-state index contributed by atoms with van der Waals surface area (Å²) >= 11 is 0. The first kappa shape index (κ1) is 15.8. The Bertz CT molecular complexity index is 479. The number of phenolic OH excluding ortho intramolecular Hbond substituents is 1. The molecule has 5 heteroatoms. The summed E-state index contributed by atoms with van der Waals surface area (Å²) < 4.78 is 4.79. The third kappa shape index (κ3) is 5.56. The van der Waals surface area contributed by atoms with E-state index in [0.717, 1.165) is 5.56 Å². The molecule has 0 bridgehead atoms. The summed E-state index contributed by atoms with van der Waals surface area (Å²) in [7, 11) is 1.63. The third-order valence-corrected chi connectivity index (χ3v) is 2.64. The van der Waals surface area contributed by atoms with E-state index < -0.39 is 0 Å². The fourth-order valence-corrected chi connectivity index (χ4v) is 1.48. The van der Waals surface area contributed by atoms with Gasteiger partial charge < -0.3 is 14.7 Å². The van der Waals surface area contributed by atoms with Gasteiger partial charge >= 0.3 is 5.97 Å². The molecule has 1 N–H and O–H groups in total. The zero-order chi connectivity index (χ0) is 15.0. The molecule has 0 saturated heterocycles. The van der Waals surface area contributed by atoms with Gasteiger partial charge in [0.1, 0.15) is 5.75 Å². The van der Waals surface area contributed by atoms with Crippen LogP contribution in [0.15, 0.2) is 30.3 Å². The second-order valence-corrected chi connectivity index (χ2v) is 4.24. The average Bonchev–Trinajstić information content (AvgIpc) is 2.44. The largest absolute Gasteiger partial charge is 0.508 e. The topological polar surface area (TPSA) is 66.8 Å². The first-order valence-corrected chi connectivity index (χ1v) is 6.40. The number of benzene rings is 1. The Kier molecular flexibility index (Phi) is 6.29. The van der Waals surface area contributed by atoms with Crippen molar-refractivity contribution in [2.24, 2.45) is 0 Å². The summed E-state index contributed by atoms with van der Waals surface area (Å²) in [4.78, 5) is 24.4. The van der Waals surface area contributed by atoms with Crippen LogP contribution in [0.2, 0.25) is 0 Å². The molecule has 0 atom stereocenters. The second-order valence-electron chi connectivity index (χ2n) is 4.24. The lowest BCUT2D eigenvalue weighted by Gasteiger charge is -2.14. The van der Waals surface area contributed by atoms with Gasteiger partial charge in [-0.15, -0.1) is 0 Å². The van der Waals surface area contributed by atoms with Gasteiger partial charge in [0, 0.05) is 19.7 Å². The smallest absolute Gasteiger partial charge is 0.307 e. The second kappa shape index (κ2) is 7.99. The zero-order valence-corrected chi connectivity index (χ0v) is 11.7. The van der Waals surface area contributed by atoms with Gasteiger partial charge in [-0.2, -0.15) is 0 Å². The highest BCUT2D eigenvalue weighted by atomic mass is 16.5. The summed E-state index contributed by atoms with van der Waals surface area (Å²) in [6.45, 7) is 2.40. The lowest BCUT2D eigenvalue weighted by molar-refractivity contribution is -0.143. The molecule has 0 saturated carbocycles. The number of rotatable bonds is 6. The van der Waals surface area contributed by atoms with Crippen LogP contribution < -0.4 is 0 Å². The van der Waals surface area contributed by atoms with Gasteiger partial charge in [-0.25, -0.2) is 0 Å². The predicted molar refractivity (Wildman–Crippen MR) is 76.0 cm³/mol. The molecule has 0 fully saturated rings. The van der Waals surface area contributed by atoms with E-state index in [-0.39, 0.29) is 24.0 Å². The van der Waals surface area contributed by atoms with Crippen molar-refractivity contribution in [1.82, 2.24) is 4.90 Å². The average molecular weight is 277 g/mol. The Labute approximate surface area is 118 Å². The van der Waals surface area contributed by atoms with Crippen LogP contribution in [-0.4, -0.2) is 42.1 Å². The normalized spacial score (nSPS) is 10.5. The van der Waals surface area contributed by atoms with Gasteiger partial charge in [-0.1, -0.05) is 12.1 Å². The van der Waals surface area contributed by atoms with Crippen molar-refractivity contribution >= 4 is 18.0 Å². The number of amides is 1. The molecule has 0 unspecified atom stereocenters. The van der Waals surface area contributed by atoms with Gasteiger partial charge in [0.15, 0.2) is 0 Å². The van der Waals surface area contributed by atoms with Crippen LogP contribution in [0.3, 0.4) is 0 Å². The molecule has 0 aliphatic carbocycles. The lowest BCUT2D eigenvalue weighted by Crippen LogP contribution is -2.27. The van der Waals surface area contributed by atoms with Gasteiger partial charge in [-0.3, -0.25) is 9.59 Å². The van der Waals surface area contributed by atoms with Crippen molar-refractivity contribution in [2.75, 3.05) is 20.2 Å². The fraction of sp³-hybridized carbons (Fsp3) is 0.333. The summed E-state index contributed by atoms with van der Waals surface area (Å²) in [6.07, 6.45) is 3.27. The van der Waals surface area contributed by atoms with Crippen molar-refractivity contribution < 1.29 is 19.4 Å². The Balaban J connectivity index is 2.45. The minimum atomic E-state index is -0.310. The highest BCUT2D eigenvalue weighted by Gasteiger charge is 2.08. The number of likely N-dealkylation sites (N-methyl/N-ethyl adjacent to an activating group) is 1. The lowest BCUT2D eigenvalue weighted by atomic mass is 10.2. The first-order valence-electron chi connectivity index (χ1n) is 6.40. The Morgan fingerprint density at radius 2 is 1.95 bits per heavy atom. The molecule has 20 heavy (non-hydrogen) atoms. The van der Waals surface area contributed by atoms with Crippen LogP contribution >= 0.6 is 0 Å². The molecule has 0 aromatic heterocycles. The summed E-state index contributed by atoms with van der Waals surface area (Å²) in [5.74, 6) is -0.322. The van der Waals surface area contributed by atoms with E-state index in [2.05, 4.69) is 0 Å². The molecule has 0 spiro atoms. The molecule has 0 radical (unpaired) electrons. The zero-order valence-electron chi connectivity index (χ0n) is 11.7. The van der Waals surface area contributed by atoms with Crippen LogP contribution in [0.4, 0.5) is 0 Å². The number of carbonyl (C=O) groups is 2. The number of aromatic hydroxyl groups is 1. The van der Waals surface area contributed by atoms with Gasteiger partial charge in [-0.05, 0) is 30.7 Å². The van der Waals surface area contributed by atoms with Crippen LogP contribution in [-0.2, 0) is 14.3 Å². The molecule has 0 heterocycles. The standard InChI is InChI=1S/C15H19NO4/c1-3-20-15(19)10-11-16(2)14(18)9-6-12-4-7-13(17)8-5-12/h4-9,17H,3,10-11H2,1-2H3. The molecule has 108 valence electrons. The van der Waals surface area contributed by atoms with E-state index in [1.165, 1.54) is 11.0 Å². The molecule has 1 aromatic carbocycles. The van der Waals surface area contributed by atoms with E-state index in [9.17, 15) is 9.59 Å².